The summed E-state index contributed by atoms with van der Waals surface area (Å²) >= 11 is 0. The first-order valence-corrected chi connectivity index (χ1v) is 14.6. The third-order valence-corrected chi connectivity index (χ3v) is 9.73. The first kappa shape index (κ1) is 30.7. The number of fused-ring (bicyclic) bond motifs is 3. The van der Waals surface area contributed by atoms with Crippen molar-refractivity contribution in [3.63, 3.8) is 0 Å². The van der Waals surface area contributed by atoms with Crippen LogP contribution in [0.2, 0.25) is 0 Å². The molecular weight excluding hydrogens is 524 g/mol. The number of phenolic OH excluding ortho intramolecular Hbond substituents is 1. The molecule has 0 heterocycles. The van der Waals surface area contributed by atoms with E-state index in [9.17, 15) is 39.6 Å². The Kier molecular flexibility index (Phi) is 7.66. The summed E-state index contributed by atoms with van der Waals surface area (Å²) in [6.07, 6.45) is 0.746. The molecule has 0 aromatic heterocycles. The van der Waals surface area contributed by atoms with E-state index in [1.54, 1.807) is 40.7 Å². The number of aliphatic hydroxyl groups excluding tert-OH is 2. The highest BCUT2D eigenvalue weighted by Crippen LogP contribution is 2.65. The minimum atomic E-state index is -2.66. The maximum atomic E-state index is 14.5. The lowest BCUT2D eigenvalue weighted by Gasteiger charge is -2.60. The molecule has 8 heteroatoms. The summed E-state index contributed by atoms with van der Waals surface area (Å²) < 4.78 is 0. The van der Waals surface area contributed by atoms with Crippen LogP contribution in [0.15, 0.2) is 29.0 Å². The Labute approximate surface area is 241 Å². The van der Waals surface area contributed by atoms with Gasteiger partial charge >= 0.3 is 0 Å². The van der Waals surface area contributed by atoms with Gasteiger partial charge < -0.3 is 20.4 Å². The first-order chi connectivity index (χ1) is 19.0. The van der Waals surface area contributed by atoms with Gasteiger partial charge in [-0.15, -0.1) is 0 Å². The molecule has 0 amide bonds. The number of phenols is 1. The van der Waals surface area contributed by atoms with Gasteiger partial charge in [0.2, 0.25) is 5.78 Å². The van der Waals surface area contributed by atoms with Crippen LogP contribution in [0.5, 0.6) is 5.75 Å². The first-order valence-electron chi connectivity index (χ1n) is 14.6. The van der Waals surface area contributed by atoms with Gasteiger partial charge in [-0.1, -0.05) is 54.5 Å². The van der Waals surface area contributed by atoms with Crippen molar-refractivity contribution in [3.05, 3.63) is 45.7 Å². The molecule has 1 aromatic carbocycles. The second-order valence-electron chi connectivity index (χ2n) is 13.3. The van der Waals surface area contributed by atoms with E-state index in [4.69, 9.17) is 0 Å². The van der Waals surface area contributed by atoms with Crippen LogP contribution in [0.3, 0.4) is 0 Å². The highest BCUT2D eigenvalue weighted by molar-refractivity contribution is 6.25. The van der Waals surface area contributed by atoms with E-state index in [1.807, 2.05) is 13.8 Å². The van der Waals surface area contributed by atoms with Gasteiger partial charge in [0.05, 0.1) is 5.56 Å². The van der Waals surface area contributed by atoms with Gasteiger partial charge in [0.25, 0.3) is 0 Å². The lowest BCUT2D eigenvalue weighted by atomic mass is 9.43. The molecule has 8 nitrogen and oxygen atoms in total. The van der Waals surface area contributed by atoms with Gasteiger partial charge in [-0.25, -0.2) is 0 Å². The molecule has 1 unspecified atom stereocenters. The van der Waals surface area contributed by atoms with E-state index in [-0.39, 0.29) is 60.7 Å². The molecule has 0 radical (unpaired) electrons. The second kappa shape index (κ2) is 10.2. The van der Waals surface area contributed by atoms with E-state index in [0.29, 0.717) is 12.0 Å². The topological polar surface area (TPSA) is 149 Å². The average Bonchev–Trinajstić information content (AvgIpc) is 2.85. The number of hydrogen-bond donors (Lipinski definition) is 4. The minimum absolute atomic E-state index is 0.0390. The number of ketones is 4. The molecule has 0 saturated heterocycles. The molecule has 1 fully saturated rings. The molecule has 1 saturated carbocycles. The summed E-state index contributed by atoms with van der Waals surface area (Å²) in [5.41, 5.74) is -4.22. The van der Waals surface area contributed by atoms with Crippen molar-refractivity contribution in [1.82, 2.24) is 0 Å². The van der Waals surface area contributed by atoms with Crippen molar-refractivity contribution in [2.75, 3.05) is 0 Å². The summed E-state index contributed by atoms with van der Waals surface area (Å²) in [5.74, 6) is -5.37. The maximum Gasteiger partial charge on any atom is 0.203 e. The predicted octanol–water partition coefficient (Wildman–Crippen LogP) is 5.44. The number of carbonyl (C=O) groups excluding carboxylic acids is 4. The van der Waals surface area contributed by atoms with E-state index in [2.05, 4.69) is 0 Å². The Hall–Kier alpha value is -3.26. The highest BCUT2D eigenvalue weighted by atomic mass is 16.3. The Balaban J connectivity index is 1.95. The van der Waals surface area contributed by atoms with Crippen LogP contribution in [0.4, 0.5) is 0 Å². The fraction of sp³-hybridized carbons (Fsp3) is 0.576. The monoisotopic (exact) mass is 566 g/mol. The van der Waals surface area contributed by atoms with Crippen LogP contribution >= 0.6 is 0 Å². The van der Waals surface area contributed by atoms with Crippen molar-refractivity contribution in [3.8, 4) is 5.75 Å². The minimum Gasteiger partial charge on any atom is -0.508 e. The zero-order valence-electron chi connectivity index (χ0n) is 25.1. The van der Waals surface area contributed by atoms with Crippen LogP contribution in [0, 0.1) is 22.7 Å². The highest BCUT2D eigenvalue weighted by Gasteiger charge is 2.72. The lowest BCUT2D eigenvalue weighted by Crippen LogP contribution is -2.69. The number of aromatic hydroxyl groups is 1. The van der Waals surface area contributed by atoms with Gasteiger partial charge in [-0.3, -0.25) is 19.2 Å². The zero-order chi connectivity index (χ0) is 30.8. The Bertz CT molecular complexity index is 1410. The van der Waals surface area contributed by atoms with Crippen molar-refractivity contribution in [1.29, 1.82) is 0 Å². The second-order valence-corrected chi connectivity index (χ2v) is 13.3. The molecule has 1 aromatic rings. The Morgan fingerprint density at radius 1 is 1.02 bits per heavy atom. The van der Waals surface area contributed by atoms with E-state index in [1.165, 1.54) is 6.07 Å². The molecule has 0 aliphatic heterocycles. The molecule has 4 atom stereocenters. The van der Waals surface area contributed by atoms with Gasteiger partial charge in [0.1, 0.15) is 28.6 Å². The van der Waals surface area contributed by atoms with Gasteiger partial charge in [0, 0.05) is 41.6 Å². The van der Waals surface area contributed by atoms with E-state index >= 15 is 0 Å². The number of hydrogen-bond acceptors (Lipinski definition) is 8. The third kappa shape index (κ3) is 4.28. The molecule has 0 bridgehead atoms. The summed E-state index contributed by atoms with van der Waals surface area (Å²) in [6.45, 7) is 12.7. The quantitative estimate of drug-likeness (QED) is 0.304. The number of Topliss-reactive ketones (excluding diaryl/α,β-unsaturated/α-hetero) is 4. The normalized spacial score (nSPS) is 29.6. The van der Waals surface area contributed by atoms with E-state index in [0.717, 1.165) is 5.56 Å². The number of benzene rings is 1. The lowest BCUT2D eigenvalue weighted by molar-refractivity contribution is -0.178. The van der Waals surface area contributed by atoms with Crippen molar-refractivity contribution < 1.29 is 39.6 Å². The Morgan fingerprint density at radius 3 is 2.22 bits per heavy atom. The van der Waals surface area contributed by atoms with Gasteiger partial charge in [-0.05, 0) is 48.3 Å². The number of rotatable bonds is 8. The zero-order valence-corrected chi connectivity index (χ0v) is 25.1. The summed E-state index contributed by atoms with van der Waals surface area (Å²) in [7, 11) is 0. The van der Waals surface area contributed by atoms with Crippen LogP contribution < -0.4 is 0 Å². The maximum absolute atomic E-state index is 14.5. The molecular formula is C33H42O8. The van der Waals surface area contributed by atoms with Crippen molar-refractivity contribution in [2.45, 2.75) is 98.5 Å². The molecule has 3 aliphatic carbocycles. The largest absolute Gasteiger partial charge is 0.508 e. The average molecular weight is 567 g/mol. The smallest absolute Gasteiger partial charge is 0.203 e. The number of carbonyl (C=O) groups is 4. The molecule has 0 spiro atoms. The fourth-order valence-corrected chi connectivity index (χ4v) is 7.96. The standard InChI is InChI=1S/C33H42O8/c1-8-18(34)10-9-11-21(35)24-28(38)25(17(4)5)32(7)15-31(6)14-20-19(16(2)3)12-13-22(36)23(20)27(37)26(31)30(40)33(32,41)29(24)39/h12-13,16-17,25,36-37,39,41H,8-11,14-15H2,1-7H3/t25?,31-,32-,33+/m1/s1. The van der Waals surface area contributed by atoms with Crippen LogP contribution in [-0.4, -0.2) is 49.2 Å². The Morgan fingerprint density at radius 2 is 1.66 bits per heavy atom. The van der Waals surface area contributed by atoms with Crippen molar-refractivity contribution in [2.24, 2.45) is 22.7 Å². The fourth-order valence-electron chi connectivity index (χ4n) is 7.96. The summed E-state index contributed by atoms with van der Waals surface area (Å²) in [4.78, 5) is 53.5. The van der Waals surface area contributed by atoms with Crippen LogP contribution in [-0.2, 0) is 25.6 Å². The predicted molar refractivity (Wildman–Crippen MR) is 153 cm³/mol. The van der Waals surface area contributed by atoms with Gasteiger partial charge in [0.15, 0.2) is 17.2 Å². The van der Waals surface area contributed by atoms with Crippen molar-refractivity contribution >= 4 is 28.9 Å². The third-order valence-electron chi connectivity index (χ3n) is 9.73. The van der Waals surface area contributed by atoms with E-state index < -0.39 is 62.7 Å². The van der Waals surface area contributed by atoms with Crippen LogP contribution in [0.25, 0.3) is 5.76 Å². The molecule has 4 rings (SSSR count). The molecule has 222 valence electrons. The SMILES string of the molecule is CCC(=O)CCCC(=O)C1=C(O)[C@]2(O)C(=O)C3=C(O)c4c(O)ccc(C(C)C)c4C[C@]3(C)C[C@]2(C)C(C(C)C)C1=O. The molecule has 4 N–H and O–H groups in total. The molecule has 41 heavy (non-hydrogen) atoms. The summed E-state index contributed by atoms with van der Waals surface area (Å²) in [5, 5.41) is 46.2. The number of aliphatic hydroxyl groups is 3. The summed E-state index contributed by atoms with van der Waals surface area (Å²) in [6, 6.07) is 3.26. The molecule has 3 aliphatic rings. The van der Waals surface area contributed by atoms with Gasteiger partial charge in [-0.2, -0.15) is 0 Å². The van der Waals surface area contributed by atoms with Crippen LogP contribution in [0.1, 0.15) is 103 Å². The number of allylic oxidation sites excluding steroid dienone is 1.